The number of halogens is 1. The quantitative estimate of drug-likeness (QED) is 0.876. The highest BCUT2D eigenvalue weighted by Crippen LogP contribution is 2.21. The molecule has 7 heteroatoms. The number of nitrogens with zero attached hydrogens (tertiary/aromatic N) is 2. The summed E-state index contributed by atoms with van der Waals surface area (Å²) in [5.74, 6) is -0.217. The Morgan fingerprint density at radius 3 is 2.68 bits per heavy atom. The van der Waals surface area contributed by atoms with Gasteiger partial charge in [-0.15, -0.1) is 0 Å². The Morgan fingerprint density at radius 1 is 1.47 bits per heavy atom. The van der Waals surface area contributed by atoms with Crippen molar-refractivity contribution in [3.63, 3.8) is 0 Å². The summed E-state index contributed by atoms with van der Waals surface area (Å²) >= 11 is 1.16. The number of anilines is 1. The summed E-state index contributed by atoms with van der Waals surface area (Å²) in [6.45, 7) is 1.94. The standard InChI is InChI=1S/C12H13FN4OS/c1-2-9-15-12(19-17-9)16-10(11(14)18)7-3-5-8(13)6-4-7/h3-6,10H,2H2,1H3,(H2,14,18)(H,15,16,17). The Morgan fingerprint density at radius 2 is 2.16 bits per heavy atom. The van der Waals surface area contributed by atoms with Crippen molar-refractivity contribution >= 4 is 22.6 Å². The van der Waals surface area contributed by atoms with Crippen LogP contribution in [-0.2, 0) is 11.2 Å². The lowest BCUT2D eigenvalue weighted by molar-refractivity contribution is -0.118. The summed E-state index contributed by atoms with van der Waals surface area (Å²) < 4.78 is 17.0. The molecule has 3 N–H and O–H groups in total. The Balaban J connectivity index is 2.21. The van der Waals surface area contributed by atoms with E-state index < -0.39 is 11.9 Å². The van der Waals surface area contributed by atoms with E-state index in [9.17, 15) is 9.18 Å². The second kappa shape index (κ2) is 5.75. The molecule has 100 valence electrons. The van der Waals surface area contributed by atoms with E-state index in [1.54, 1.807) is 0 Å². The van der Waals surface area contributed by atoms with E-state index >= 15 is 0 Å². The normalized spacial score (nSPS) is 12.1. The number of nitrogens with two attached hydrogens (primary N) is 1. The van der Waals surface area contributed by atoms with Gasteiger partial charge in [0.1, 0.15) is 17.7 Å². The van der Waals surface area contributed by atoms with Gasteiger partial charge in [0.05, 0.1) is 0 Å². The lowest BCUT2D eigenvalue weighted by Gasteiger charge is -2.14. The number of hydrogen-bond donors (Lipinski definition) is 2. The van der Waals surface area contributed by atoms with Crippen molar-refractivity contribution in [2.24, 2.45) is 5.73 Å². The van der Waals surface area contributed by atoms with Crippen LogP contribution in [0.5, 0.6) is 0 Å². The first-order chi connectivity index (χ1) is 9.10. The van der Waals surface area contributed by atoms with E-state index in [1.807, 2.05) is 6.92 Å². The van der Waals surface area contributed by atoms with Crippen LogP contribution in [0.2, 0.25) is 0 Å². The Kier molecular flexibility index (Phi) is 4.06. The van der Waals surface area contributed by atoms with Gasteiger partial charge in [0.15, 0.2) is 0 Å². The molecule has 0 bridgehead atoms. The first-order valence-corrected chi connectivity index (χ1v) is 6.51. The Bertz CT molecular complexity index is 569. The predicted molar refractivity (Wildman–Crippen MR) is 71.2 cm³/mol. The van der Waals surface area contributed by atoms with E-state index in [4.69, 9.17) is 5.73 Å². The molecule has 1 aromatic carbocycles. The fraction of sp³-hybridized carbons (Fsp3) is 0.250. The molecule has 1 heterocycles. The second-order valence-corrected chi connectivity index (χ2v) is 4.65. The largest absolute Gasteiger partial charge is 0.368 e. The first-order valence-electron chi connectivity index (χ1n) is 5.74. The molecule has 0 aliphatic heterocycles. The molecular formula is C12H13FN4OS. The SMILES string of the molecule is CCc1nsc(NC(C(N)=O)c2ccc(F)cc2)n1. The highest BCUT2D eigenvalue weighted by Gasteiger charge is 2.19. The zero-order valence-electron chi connectivity index (χ0n) is 10.3. The Labute approximate surface area is 113 Å². The van der Waals surface area contributed by atoms with Crippen molar-refractivity contribution in [1.29, 1.82) is 0 Å². The highest BCUT2D eigenvalue weighted by atomic mass is 32.1. The van der Waals surface area contributed by atoms with Gasteiger partial charge in [-0.2, -0.15) is 4.37 Å². The molecule has 0 fully saturated rings. The lowest BCUT2D eigenvalue weighted by Crippen LogP contribution is -2.27. The van der Waals surface area contributed by atoms with Crippen LogP contribution in [0.4, 0.5) is 9.52 Å². The molecule has 5 nitrogen and oxygen atoms in total. The molecule has 19 heavy (non-hydrogen) atoms. The molecule has 2 aromatic rings. The third kappa shape index (κ3) is 3.25. The molecule has 0 radical (unpaired) electrons. The molecule has 0 aliphatic rings. The number of aromatic nitrogens is 2. The minimum absolute atomic E-state index is 0.365. The van der Waals surface area contributed by atoms with Gasteiger partial charge in [-0.3, -0.25) is 4.79 Å². The fourth-order valence-corrected chi connectivity index (χ4v) is 2.23. The zero-order chi connectivity index (χ0) is 13.8. The molecule has 0 saturated heterocycles. The number of aryl methyl sites for hydroxylation is 1. The van der Waals surface area contributed by atoms with Crippen LogP contribution >= 0.6 is 11.5 Å². The maximum atomic E-state index is 12.9. The minimum Gasteiger partial charge on any atom is -0.368 e. The average molecular weight is 280 g/mol. The number of amides is 1. The summed E-state index contributed by atoms with van der Waals surface area (Å²) in [7, 11) is 0. The maximum absolute atomic E-state index is 12.9. The number of primary amides is 1. The van der Waals surface area contributed by atoms with E-state index in [1.165, 1.54) is 24.3 Å². The van der Waals surface area contributed by atoms with Gasteiger partial charge in [-0.05, 0) is 17.7 Å². The first kappa shape index (κ1) is 13.4. The topological polar surface area (TPSA) is 80.9 Å². The molecule has 2 rings (SSSR count). The van der Waals surface area contributed by atoms with Crippen LogP contribution < -0.4 is 11.1 Å². The molecule has 1 unspecified atom stereocenters. The van der Waals surface area contributed by atoms with Crippen molar-refractivity contribution in [2.45, 2.75) is 19.4 Å². The Hall–Kier alpha value is -2.02. The number of benzene rings is 1. The molecular weight excluding hydrogens is 267 g/mol. The minimum atomic E-state index is -0.752. The van der Waals surface area contributed by atoms with Crippen LogP contribution in [-0.4, -0.2) is 15.3 Å². The average Bonchev–Trinajstić information content (AvgIpc) is 2.85. The monoisotopic (exact) mass is 280 g/mol. The van der Waals surface area contributed by atoms with Gasteiger partial charge < -0.3 is 11.1 Å². The van der Waals surface area contributed by atoms with Gasteiger partial charge >= 0.3 is 0 Å². The van der Waals surface area contributed by atoms with Crippen LogP contribution in [0.25, 0.3) is 0 Å². The van der Waals surface area contributed by atoms with Gasteiger partial charge in [-0.25, -0.2) is 9.37 Å². The molecule has 1 amide bonds. The third-order valence-corrected chi connectivity index (χ3v) is 3.22. The third-order valence-electron chi connectivity index (χ3n) is 2.54. The number of rotatable bonds is 5. The van der Waals surface area contributed by atoms with Gasteiger partial charge in [0, 0.05) is 18.0 Å². The highest BCUT2D eigenvalue weighted by molar-refractivity contribution is 7.09. The maximum Gasteiger partial charge on any atom is 0.244 e. The molecule has 0 aliphatic carbocycles. The van der Waals surface area contributed by atoms with Crippen LogP contribution in [0, 0.1) is 5.82 Å². The van der Waals surface area contributed by atoms with E-state index in [2.05, 4.69) is 14.7 Å². The van der Waals surface area contributed by atoms with Crippen molar-refractivity contribution in [1.82, 2.24) is 9.36 Å². The summed E-state index contributed by atoms with van der Waals surface area (Å²) in [5, 5.41) is 3.44. The summed E-state index contributed by atoms with van der Waals surface area (Å²) in [6.07, 6.45) is 0.718. The molecule has 1 atom stereocenters. The second-order valence-electron chi connectivity index (χ2n) is 3.90. The van der Waals surface area contributed by atoms with Gasteiger partial charge in [0.25, 0.3) is 0 Å². The number of carbonyl (C=O) groups excluding carboxylic acids is 1. The molecule has 1 aromatic heterocycles. The van der Waals surface area contributed by atoms with Gasteiger partial charge in [0.2, 0.25) is 11.0 Å². The van der Waals surface area contributed by atoms with Crippen molar-refractivity contribution in [2.75, 3.05) is 5.32 Å². The van der Waals surface area contributed by atoms with Gasteiger partial charge in [-0.1, -0.05) is 19.1 Å². The van der Waals surface area contributed by atoms with Crippen molar-refractivity contribution < 1.29 is 9.18 Å². The lowest BCUT2D eigenvalue weighted by atomic mass is 10.1. The molecule has 0 saturated carbocycles. The summed E-state index contributed by atoms with van der Waals surface area (Å²) in [5.41, 5.74) is 5.94. The number of hydrogen-bond acceptors (Lipinski definition) is 5. The number of carbonyl (C=O) groups is 1. The zero-order valence-corrected chi connectivity index (χ0v) is 11.1. The fourth-order valence-electron chi connectivity index (χ4n) is 1.55. The van der Waals surface area contributed by atoms with Crippen LogP contribution in [0.1, 0.15) is 24.4 Å². The van der Waals surface area contributed by atoms with Crippen LogP contribution in [0.3, 0.4) is 0 Å². The predicted octanol–water partition coefficient (Wildman–Crippen LogP) is 1.88. The van der Waals surface area contributed by atoms with E-state index in [0.717, 1.165) is 18.0 Å². The van der Waals surface area contributed by atoms with E-state index in [0.29, 0.717) is 16.5 Å². The van der Waals surface area contributed by atoms with Crippen molar-refractivity contribution in [3.05, 3.63) is 41.5 Å². The number of nitrogens with one attached hydrogen (secondary N) is 1. The summed E-state index contributed by atoms with van der Waals surface area (Å²) in [4.78, 5) is 15.7. The summed E-state index contributed by atoms with van der Waals surface area (Å²) in [6, 6.07) is 4.84. The van der Waals surface area contributed by atoms with Crippen molar-refractivity contribution in [3.8, 4) is 0 Å². The van der Waals surface area contributed by atoms with Crippen LogP contribution in [0.15, 0.2) is 24.3 Å². The molecule has 0 spiro atoms. The smallest absolute Gasteiger partial charge is 0.244 e. The van der Waals surface area contributed by atoms with E-state index in [-0.39, 0.29) is 5.82 Å².